The summed E-state index contributed by atoms with van der Waals surface area (Å²) in [5.41, 5.74) is 7.37. The Bertz CT molecular complexity index is 763. The Hall–Kier alpha value is -2.05. The van der Waals surface area contributed by atoms with Gasteiger partial charge in [0.25, 0.3) is 5.91 Å². The zero-order valence-electron chi connectivity index (χ0n) is 10.7. The van der Waals surface area contributed by atoms with Crippen molar-refractivity contribution in [1.29, 1.82) is 0 Å². The van der Waals surface area contributed by atoms with E-state index < -0.39 is 0 Å². The van der Waals surface area contributed by atoms with Gasteiger partial charge in [-0.15, -0.1) is 11.3 Å². The van der Waals surface area contributed by atoms with Crippen LogP contribution < -0.4 is 15.8 Å². The highest BCUT2D eigenvalue weighted by atomic mass is 32.1. The summed E-state index contributed by atoms with van der Waals surface area (Å²) >= 11 is 2.90. The topological polar surface area (TPSA) is 64.3 Å². The molecule has 0 saturated heterocycles. The highest BCUT2D eigenvalue weighted by Gasteiger charge is 2.17. The third-order valence-electron chi connectivity index (χ3n) is 2.92. The zero-order valence-corrected chi connectivity index (χ0v) is 12.3. The summed E-state index contributed by atoms with van der Waals surface area (Å²) in [7, 11) is 1.61. The lowest BCUT2D eigenvalue weighted by Gasteiger charge is -2.01. The first-order valence-electron chi connectivity index (χ1n) is 5.88. The molecule has 102 valence electrons. The molecular weight excluding hydrogens is 292 g/mol. The average Bonchev–Trinajstić information content (AvgIpc) is 3.06. The molecule has 0 aliphatic heterocycles. The Kier molecular flexibility index (Phi) is 3.33. The van der Waals surface area contributed by atoms with Crippen molar-refractivity contribution in [3.05, 3.63) is 39.9 Å². The minimum atomic E-state index is -0.180. The number of nitrogen functional groups attached to an aromatic ring is 1. The Balaban J connectivity index is 1.98. The maximum absolute atomic E-state index is 12.2. The van der Waals surface area contributed by atoms with Crippen molar-refractivity contribution in [3.63, 3.8) is 0 Å². The predicted molar refractivity (Wildman–Crippen MR) is 85.1 cm³/mol. The summed E-state index contributed by atoms with van der Waals surface area (Å²) < 4.78 is 6.13. The van der Waals surface area contributed by atoms with Crippen molar-refractivity contribution in [3.8, 4) is 5.75 Å². The van der Waals surface area contributed by atoms with Crippen LogP contribution in [0.3, 0.4) is 0 Å². The summed E-state index contributed by atoms with van der Waals surface area (Å²) in [5.74, 6) is 0.574. The number of nitrogens with two attached hydrogens (primary N) is 1. The van der Waals surface area contributed by atoms with Gasteiger partial charge in [0.05, 0.1) is 18.5 Å². The normalized spacial score (nSPS) is 10.7. The molecule has 4 nitrogen and oxygen atoms in total. The van der Waals surface area contributed by atoms with Crippen molar-refractivity contribution in [2.45, 2.75) is 0 Å². The number of hydrogen-bond acceptors (Lipinski definition) is 5. The first kappa shape index (κ1) is 13.0. The van der Waals surface area contributed by atoms with E-state index in [9.17, 15) is 4.79 Å². The van der Waals surface area contributed by atoms with Crippen LogP contribution in [-0.2, 0) is 0 Å². The van der Waals surface area contributed by atoms with Crippen LogP contribution in [0.15, 0.2) is 35.0 Å². The molecule has 0 spiro atoms. The third kappa shape index (κ3) is 2.23. The van der Waals surface area contributed by atoms with Gasteiger partial charge in [-0.3, -0.25) is 4.79 Å². The Morgan fingerprint density at radius 1 is 1.35 bits per heavy atom. The van der Waals surface area contributed by atoms with Crippen molar-refractivity contribution in [2.75, 3.05) is 18.2 Å². The van der Waals surface area contributed by atoms with E-state index in [0.717, 1.165) is 21.5 Å². The molecular formula is C14H12N2O2S2. The second kappa shape index (κ2) is 5.15. The average molecular weight is 304 g/mol. The van der Waals surface area contributed by atoms with Crippen LogP contribution in [0.5, 0.6) is 5.75 Å². The van der Waals surface area contributed by atoms with E-state index in [4.69, 9.17) is 10.5 Å². The van der Waals surface area contributed by atoms with Crippen LogP contribution >= 0.6 is 22.7 Å². The fourth-order valence-electron chi connectivity index (χ4n) is 1.92. The van der Waals surface area contributed by atoms with Crippen LogP contribution in [-0.4, -0.2) is 13.0 Å². The molecule has 20 heavy (non-hydrogen) atoms. The van der Waals surface area contributed by atoms with Crippen LogP contribution in [0.25, 0.3) is 10.1 Å². The third-order valence-corrected chi connectivity index (χ3v) is 4.77. The molecule has 0 fully saturated rings. The Morgan fingerprint density at radius 3 is 2.90 bits per heavy atom. The van der Waals surface area contributed by atoms with Crippen LogP contribution in [0, 0.1) is 0 Å². The Labute approximate surface area is 123 Å². The molecule has 3 rings (SSSR count). The quantitative estimate of drug-likeness (QED) is 0.773. The largest absolute Gasteiger partial charge is 0.497 e. The number of benzene rings is 1. The van der Waals surface area contributed by atoms with Gasteiger partial charge in [0.15, 0.2) is 0 Å². The Morgan fingerprint density at radius 2 is 2.20 bits per heavy atom. The van der Waals surface area contributed by atoms with E-state index in [1.54, 1.807) is 7.11 Å². The van der Waals surface area contributed by atoms with Crippen molar-refractivity contribution >= 4 is 50.0 Å². The van der Waals surface area contributed by atoms with Gasteiger partial charge >= 0.3 is 0 Å². The van der Waals surface area contributed by atoms with Crippen LogP contribution in [0.4, 0.5) is 11.4 Å². The van der Waals surface area contributed by atoms with Gasteiger partial charge in [-0.05, 0) is 29.6 Å². The van der Waals surface area contributed by atoms with Crippen molar-refractivity contribution < 1.29 is 9.53 Å². The minimum Gasteiger partial charge on any atom is -0.497 e. The lowest BCUT2D eigenvalue weighted by atomic mass is 10.2. The molecule has 1 aromatic carbocycles. The van der Waals surface area contributed by atoms with Crippen LogP contribution in [0.2, 0.25) is 0 Å². The fourth-order valence-corrected chi connectivity index (χ4v) is 3.55. The summed E-state index contributed by atoms with van der Waals surface area (Å²) in [6.45, 7) is 0. The van der Waals surface area contributed by atoms with E-state index in [-0.39, 0.29) is 5.91 Å². The van der Waals surface area contributed by atoms with Crippen molar-refractivity contribution in [2.24, 2.45) is 0 Å². The molecule has 1 amide bonds. The number of rotatable bonds is 3. The standard InChI is InChI=1S/C14H12N2O2S2/c1-18-9-2-3-10-11(6-9)20-13(12(10)15)14(17)16-8-4-5-19-7-8/h2-7H,15H2,1H3,(H,16,17). The maximum atomic E-state index is 12.2. The monoisotopic (exact) mass is 304 g/mol. The second-order valence-electron chi connectivity index (χ2n) is 4.17. The number of carbonyl (C=O) groups is 1. The van der Waals surface area contributed by atoms with E-state index in [0.29, 0.717) is 10.6 Å². The molecule has 0 saturated carbocycles. The van der Waals surface area contributed by atoms with Gasteiger partial charge in [-0.1, -0.05) is 0 Å². The summed E-state index contributed by atoms with van der Waals surface area (Å²) in [6.07, 6.45) is 0. The van der Waals surface area contributed by atoms with Gasteiger partial charge in [0.1, 0.15) is 10.6 Å². The van der Waals surface area contributed by atoms with Crippen LogP contribution in [0.1, 0.15) is 9.67 Å². The molecule has 6 heteroatoms. The SMILES string of the molecule is COc1ccc2c(N)c(C(=O)Nc3ccsc3)sc2c1. The van der Waals surface area contributed by atoms with Gasteiger partial charge in [0.2, 0.25) is 0 Å². The fraction of sp³-hybridized carbons (Fsp3) is 0.0714. The van der Waals surface area contributed by atoms with Gasteiger partial charge in [0, 0.05) is 15.5 Å². The number of nitrogens with one attached hydrogen (secondary N) is 1. The number of fused-ring (bicyclic) bond motifs is 1. The minimum absolute atomic E-state index is 0.180. The second-order valence-corrected chi connectivity index (χ2v) is 6.01. The highest BCUT2D eigenvalue weighted by molar-refractivity contribution is 7.21. The van der Waals surface area contributed by atoms with E-state index in [1.165, 1.54) is 22.7 Å². The molecule has 0 bridgehead atoms. The zero-order chi connectivity index (χ0) is 14.1. The van der Waals surface area contributed by atoms with E-state index in [2.05, 4.69) is 5.32 Å². The lowest BCUT2D eigenvalue weighted by Crippen LogP contribution is -2.11. The molecule has 2 heterocycles. The van der Waals surface area contributed by atoms with E-state index in [1.807, 2.05) is 35.0 Å². The predicted octanol–water partition coefficient (Wildman–Crippen LogP) is 3.81. The molecule has 0 atom stereocenters. The molecule has 3 aromatic rings. The first-order valence-corrected chi connectivity index (χ1v) is 7.64. The number of methoxy groups -OCH3 is 1. The number of hydrogen-bond donors (Lipinski definition) is 2. The van der Waals surface area contributed by atoms with E-state index >= 15 is 0 Å². The first-order chi connectivity index (χ1) is 9.69. The highest BCUT2D eigenvalue weighted by Crippen LogP contribution is 2.36. The molecule has 0 radical (unpaired) electrons. The molecule has 2 aromatic heterocycles. The number of thiophene rings is 2. The lowest BCUT2D eigenvalue weighted by molar-refractivity contribution is 0.103. The van der Waals surface area contributed by atoms with Gasteiger partial charge < -0.3 is 15.8 Å². The molecule has 0 aliphatic carbocycles. The summed E-state index contributed by atoms with van der Waals surface area (Å²) in [4.78, 5) is 12.8. The molecule has 0 unspecified atom stereocenters. The van der Waals surface area contributed by atoms with Gasteiger partial charge in [-0.25, -0.2) is 0 Å². The summed E-state index contributed by atoms with van der Waals surface area (Å²) in [5, 5.41) is 7.51. The number of anilines is 2. The number of carbonyl (C=O) groups excluding carboxylic acids is 1. The van der Waals surface area contributed by atoms with Gasteiger partial charge in [-0.2, -0.15) is 11.3 Å². The number of amides is 1. The maximum Gasteiger partial charge on any atom is 0.267 e. The number of ether oxygens (including phenoxy) is 1. The summed E-state index contributed by atoms with van der Waals surface area (Å²) in [6, 6.07) is 7.46. The smallest absolute Gasteiger partial charge is 0.267 e. The molecule has 0 aliphatic rings. The molecule has 3 N–H and O–H groups in total. The van der Waals surface area contributed by atoms with Crippen molar-refractivity contribution in [1.82, 2.24) is 0 Å².